The van der Waals surface area contributed by atoms with Gasteiger partial charge in [-0.15, -0.1) is 0 Å². The number of nitrogen functional groups attached to an aromatic ring is 1. The molecule has 0 atom stereocenters. The molecule has 0 amide bonds. The van der Waals surface area contributed by atoms with Gasteiger partial charge in [0.15, 0.2) is 11.6 Å². The Morgan fingerprint density at radius 3 is 2.36 bits per heavy atom. The van der Waals surface area contributed by atoms with E-state index in [9.17, 15) is 0 Å². The molecule has 2 fully saturated rings. The van der Waals surface area contributed by atoms with Crippen molar-refractivity contribution in [3.05, 3.63) is 66.7 Å². The number of ether oxygens (including phenoxy) is 3. The number of imidazole rings is 1. The lowest BCUT2D eigenvalue weighted by Crippen LogP contribution is -2.35. The van der Waals surface area contributed by atoms with E-state index >= 15 is 0 Å². The number of anilines is 1. The normalized spacial score (nSPS) is 18.2. The zero-order valence-electron chi connectivity index (χ0n) is 18.2. The zero-order valence-corrected chi connectivity index (χ0v) is 18.2. The molecule has 6 rings (SSSR count). The summed E-state index contributed by atoms with van der Waals surface area (Å²) in [6, 6.07) is 17.6. The standard InChI is InChI=1S/C25H25N5O3/c26-23-22-21(17-6-8-20(9-7-17)33-19-4-2-1-3-5-19)29-24(30(22)28-16-27-23)18-10-12-25(13-11-18)31-14-15-32-25/h1-9,16,18H,10-15H2,(H2,26,27,28). The molecule has 2 aliphatic rings. The van der Waals surface area contributed by atoms with Crippen molar-refractivity contribution in [2.45, 2.75) is 37.4 Å². The summed E-state index contributed by atoms with van der Waals surface area (Å²) in [4.78, 5) is 9.26. The summed E-state index contributed by atoms with van der Waals surface area (Å²) >= 11 is 0. The van der Waals surface area contributed by atoms with Crippen molar-refractivity contribution in [1.82, 2.24) is 19.6 Å². The van der Waals surface area contributed by atoms with Gasteiger partial charge >= 0.3 is 0 Å². The highest BCUT2D eigenvalue weighted by Gasteiger charge is 2.41. The van der Waals surface area contributed by atoms with E-state index in [1.165, 1.54) is 6.33 Å². The second kappa shape index (κ2) is 8.13. The van der Waals surface area contributed by atoms with Crippen LogP contribution in [0.25, 0.3) is 16.8 Å². The van der Waals surface area contributed by atoms with Crippen LogP contribution in [0.1, 0.15) is 37.4 Å². The van der Waals surface area contributed by atoms with Crippen molar-refractivity contribution in [2.24, 2.45) is 0 Å². The Bertz CT molecular complexity index is 1260. The third-order valence-electron chi connectivity index (χ3n) is 6.52. The van der Waals surface area contributed by atoms with Crippen molar-refractivity contribution >= 4 is 11.3 Å². The molecular weight excluding hydrogens is 418 g/mol. The van der Waals surface area contributed by atoms with E-state index in [2.05, 4.69) is 10.1 Å². The topological polar surface area (TPSA) is 96.8 Å². The van der Waals surface area contributed by atoms with Gasteiger partial charge in [0.2, 0.25) is 0 Å². The van der Waals surface area contributed by atoms with Crippen LogP contribution in [-0.4, -0.2) is 38.6 Å². The van der Waals surface area contributed by atoms with Gasteiger partial charge in [-0.3, -0.25) is 0 Å². The molecule has 0 bridgehead atoms. The van der Waals surface area contributed by atoms with Gasteiger partial charge in [0.05, 0.1) is 13.2 Å². The third kappa shape index (κ3) is 3.71. The first-order valence-corrected chi connectivity index (χ1v) is 11.3. The Balaban J connectivity index is 1.32. The highest BCUT2D eigenvalue weighted by Crippen LogP contribution is 2.43. The molecule has 33 heavy (non-hydrogen) atoms. The van der Waals surface area contributed by atoms with Crippen molar-refractivity contribution in [3.63, 3.8) is 0 Å². The SMILES string of the molecule is Nc1ncnn2c(C3CCC4(CC3)OCCO4)nc(-c3ccc(Oc4ccccc4)cc3)c12. The summed E-state index contributed by atoms with van der Waals surface area (Å²) in [5.41, 5.74) is 8.74. The molecule has 168 valence electrons. The molecule has 2 aromatic carbocycles. The highest BCUT2D eigenvalue weighted by atomic mass is 16.7. The summed E-state index contributed by atoms with van der Waals surface area (Å²) in [6.45, 7) is 1.35. The maximum atomic E-state index is 6.29. The van der Waals surface area contributed by atoms with Crippen LogP contribution < -0.4 is 10.5 Å². The summed E-state index contributed by atoms with van der Waals surface area (Å²) < 4.78 is 19.6. The van der Waals surface area contributed by atoms with Crippen LogP contribution in [0.4, 0.5) is 5.82 Å². The van der Waals surface area contributed by atoms with Gasteiger partial charge in [-0.1, -0.05) is 18.2 Å². The fraction of sp³-hybridized carbons (Fsp3) is 0.320. The van der Waals surface area contributed by atoms with Gasteiger partial charge in [0.25, 0.3) is 0 Å². The molecule has 3 heterocycles. The highest BCUT2D eigenvalue weighted by molar-refractivity contribution is 5.85. The molecule has 1 saturated heterocycles. The molecule has 2 aromatic heterocycles. The number of nitrogens with two attached hydrogens (primary N) is 1. The molecule has 1 spiro atoms. The number of para-hydroxylation sites is 1. The average molecular weight is 444 g/mol. The maximum absolute atomic E-state index is 6.29. The number of nitrogens with zero attached hydrogens (tertiary/aromatic N) is 4. The number of hydrogen-bond acceptors (Lipinski definition) is 7. The van der Waals surface area contributed by atoms with E-state index in [0.717, 1.165) is 59.8 Å². The summed E-state index contributed by atoms with van der Waals surface area (Å²) in [7, 11) is 0. The predicted octanol–water partition coefficient (Wildman–Crippen LogP) is 4.57. The molecular formula is C25H25N5O3. The summed E-state index contributed by atoms with van der Waals surface area (Å²) in [5.74, 6) is 2.72. The minimum Gasteiger partial charge on any atom is -0.457 e. The van der Waals surface area contributed by atoms with E-state index in [4.69, 9.17) is 24.9 Å². The first-order chi connectivity index (χ1) is 16.2. The second-order valence-electron chi connectivity index (χ2n) is 8.55. The van der Waals surface area contributed by atoms with Gasteiger partial charge < -0.3 is 19.9 Å². The zero-order chi connectivity index (χ0) is 22.3. The molecule has 1 aliphatic carbocycles. The molecule has 2 N–H and O–H groups in total. The Kier molecular flexibility index (Phi) is 4.96. The molecule has 8 heteroatoms. The average Bonchev–Trinajstić information content (AvgIpc) is 3.47. The van der Waals surface area contributed by atoms with Crippen molar-refractivity contribution in [2.75, 3.05) is 18.9 Å². The van der Waals surface area contributed by atoms with Gasteiger partial charge in [0, 0.05) is 24.3 Å². The minimum atomic E-state index is -0.408. The minimum absolute atomic E-state index is 0.250. The van der Waals surface area contributed by atoms with E-state index in [1.807, 2.05) is 59.1 Å². The summed E-state index contributed by atoms with van der Waals surface area (Å²) in [5, 5.41) is 4.50. The third-order valence-corrected chi connectivity index (χ3v) is 6.52. The number of benzene rings is 2. The van der Waals surface area contributed by atoms with Crippen LogP contribution in [0.5, 0.6) is 11.5 Å². The van der Waals surface area contributed by atoms with E-state index in [-0.39, 0.29) is 5.92 Å². The quantitative estimate of drug-likeness (QED) is 0.494. The predicted molar refractivity (Wildman–Crippen MR) is 123 cm³/mol. The fourth-order valence-electron chi connectivity index (χ4n) is 4.85. The molecule has 0 radical (unpaired) electrons. The van der Waals surface area contributed by atoms with Crippen LogP contribution in [0.2, 0.25) is 0 Å². The molecule has 1 saturated carbocycles. The van der Waals surface area contributed by atoms with Gasteiger partial charge in [0.1, 0.15) is 34.9 Å². The first-order valence-electron chi connectivity index (χ1n) is 11.3. The number of fused-ring (bicyclic) bond motifs is 1. The first kappa shape index (κ1) is 20.1. The molecule has 0 unspecified atom stereocenters. The molecule has 8 nitrogen and oxygen atoms in total. The van der Waals surface area contributed by atoms with Crippen LogP contribution in [0.3, 0.4) is 0 Å². The smallest absolute Gasteiger partial charge is 0.168 e. The molecule has 1 aliphatic heterocycles. The van der Waals surface area contributed by atoms with Crippen molar-refractivity contribution in [3.8, 4) is 22.8 Å². The van der Waals surface area contributed by atoms with Crippen molar-refractivity contribution < 1.29 is 14.2 Å². The second-order valence-corrected chi connectivity index (χ2v) is 8.55. The van der Waals surface area contributed by atoms with E-state index < -0.39 is 5.79 Å². The van der Waals surface area contributed by atoms with Crippen LogP contribution in [0.15, 0.2) is 60.9 Å². The lowest BCUT2D eigenvalue weighted by Gasteiger charge is -2.34. The lowest BCUT2D eigenvalue weighted by atomic mass is 9.84. The van der Waals surface area contributed by atoms with Gasteiger partial charge in [-0.25, -0.2) is 14.5 Å². The van der Waals surface area contributed by atoms with E-state index in [0.29, 0.717) is 19.0 Å². The van der Waals surface area contributed by atoms with E-state index in [1.54, 1.807) is 0 Å². The Morgan fingerprint density at radius 2 is 1.64 bits per heavy atom. The van der Waals surface area contributed by atoms with Crippen molar-refractivity contribution in [1.29, 1.82) is 0 Å². The number of rotatable bonds is 4. The Hall–Kier alpha value is -3.49. The maximum Gasteiger partial charge on any atom is 0.168 e. The lowest BCUT2D eigenvalue weighted by molar-refractivity contribution is -0.179. The van der Waals surface area contributed by atoms with Crippen LogP contribution in [-0.2, 0) is 9.47 Å². The number of aromatic nitrogens is 4. The monoisotopic (exact) mass is 443 g/mol. The van der Waals surface area contributed by atoms with Gasteiger partial charge in [-0.2, -0.15) is 5.10 Å². The number of hydrogen-bond donors (Lipinski definition) is 1. The molecule has 4 aromatic rings. The Morgan fingerprint density at radius 1 is 0.939 bits per heavy atom. The van der Waals surface area contributed by atoms with Gasteiger partial charge in [-0.05, 0) is 49.2 Å². The largest absolute Gasteiger partial charge is 0.457 e. The Labute approximate surface area is 191 Å². The van der Waals surface area contributed by atoms with Crippen LogP contribution >= 0.6 is 0 Å². The summed E-state index contributed by atoms with van der Waals surface area (Å²) in [6.07, 6.45) is 5.04. The van der Waals surface area contributed by atoms with Crippen LogP contribution in [0, 0.1) is 0 Å². The fourth-order valence-corrected chi connectivity index (χ4v) is 4.85.